The van der Waals surface area contributed by atoms with Crippen molar-refractivity contribution in [1.29, 1.82) is 0 Å². The molecule has 1 aliphatic carbocycles. The zero-order valence-electron chi connectivity index (χ0n) is 10.2. The molecule has 1 fully saturated rings. The van der Waals surface area contributed by atoms with Crippen LogP contribution in [0.25, 0.3) is 0 Å². The Hall–Kier alpha value is -1.63. The van der Waals surface area contributed by atoms with Gasteiger partial charge in [0.25, 0.3) is 0 Å². The van der Waals surface area contributed by atoms with Gasteiger partial charge in [-0.2, -0.15) is 0 Å². The molecular weight excluding hydrogens is 283 g/mol. The number of ether oxygens (including phenoxy) is 1. The fourth-order valence-electron chi connectivity index (χ4n) is 2.36. The molecule has 2 heterocycles. The summed E-state index contributed by atoms with van der Waals surface area (Å²) in [4.78, 5) is 22.7. The highest BCUT2D eigenvalue weighted by Gasteiger charge is 2.58. The van der Waals surface area contributed by atoms with Crippen molar-refractivity contribution in [2.45, 2.75) is 23.7 Å². The monoisotopic (exact) mass is 292 g/mol. The first-order valence-electron chi connectivity index (χ1n) is 6.14. The Bertz CT molecular complexity index is 676. The molecule has 3 aliphatic rings. The molecule has 4 rings (SSSR count). The summed E-state index contributed by atoms with van der Waals surface area (Å²) in [6.07, 6.45) is 4.06. The number of hydrogen-bond donors (Lipinski definition) is 0. The molecule has 0 amide bonds. The molecule has 102 valence electrons. The number of fused-ring (bicyclic) bond motifs is 2. The van der Waals surface area contributed by atoms with Crippen LogP contribution in [0.5, 0.6) is 0 Å². The zero-order chi connectivity index (χ0) is 13.7. The Kier molecular flexibility index (Phi) is 2.54. The van der Waals surface area contributed by atoms with Gasteiger partial charge in [0, 0.05) is 9.80 Å². The van der Waals surface area contributed by atoms with Gasteiger partial charge in [-0.05, 0) is 31.0 Å². The molecule has 0 saturated carbocycles. The van der Waals surface area contributed by atoms with Gasteiger partial charge in [-0.15, -0.1) is 9.78 Å². The number of carbonyl (C=O) groups is 1. The number of rotatable bonds is 1. The second-order valence-corrected chi connectivity index (χ2v) is 5.77. The van der Waals surface area contributed by atoms with E-state index in [4.69, 9.17) is 14.5 Å². The minimum atomic E-state index is -1.34. The lowest BCUT2D eigenvalue weighted by Gasteiger charge is -2.17. The second kappa shape index (κ2) is 4.18. The topological polar surface area (TPSA) is 51.4 Å². The molecule has 6 heteroatoms. The largest absolute Gasteiger partial charge is 0.430 e. The molecule has 2 aliphatic heterocycles. The van der Waals surface area contributed by atoms with E-state index in [1.54, 1.807) is 6.07 Å². The summed E-state index contributed by atoms with van der Waals surface area (Å²) in [5.41, 5.74) is 1.09. The molecule has 1 spiro atoms. The first kappa shape index (κ1) is 12.1. The summed E-state index contributed by atoms with van der Waals surface area (Å²) < 4.78 is 19.2. The van der Waals surface area contributed by atoms with Crippen LogP contribution in [0.1, 0.15) is 18.4 Å². The van der Waals surface area contributed by atoms with Gasteiger partial charge in [0.1, 0.15) is 11.6 Å². The molecule has 20 heavy (non-hydrogen) atoms. The van der Waals surface area contributed by atoms with Gasteiger partial charge in [0.05, 0.1) is 11.1 Å². The van der Waals surface area contributed by atoms with Crippen LogP contribution >= 0.6 is 11.8 Å². The Balaban J connectivity index is 1.87. The van der Waals surface area contributed by atoms with Crippen molar-refractivity contribution in [1.82, 2.24) is 0 Å². The molecular formula is C14H9FO4S. The summed E-state index contributed by atoms with van der Waals surface area (Å²) in [6, 6.07) is 4.33. The summed E-state index contributed by atoms with van der Waals surface area (Å²) in [6.45, 7) is 0. The lowest BCUT2D eigenvalue weighted by molar-refractivity contribution is -0.105. The highest BCUT2D eigenvalue weighted by molar-refractivity contribution is 8.03. The SMILES string of the molecule is O=CC1=CCCC2=C1OC1(OO1)c1ccc(F)cc1S2. The van der Waals surface area contributed by atoms with Gasteiger partial charge in [-0.25, -0.2) is 4.39 Å². The van der Waals surface area contributed by atoms with E-state index in [1.165, 1.54) is 23.9 Å². The third-order valence-corrected chi connectivity index (χ3v) is 4.55. The van der Waals surface area contributed by atoms with Crippen molar-refractivity contribution in [2.75, 3.05) is 0 Å². The van der Waals surface area contributed by atoms with Gasteiger partial charge in [-0.3, -0.25) is 4.79 Å². The maximum Gasteiger partial charge on any atom is 0.411 e. The molecule has 0 N–H and O–H groups in total. The number of thioether (sulfide) groups is 1. The van der Waals surface area contributed by atoms with E-state index < -0.39 is 5.97 Å². The predicted molar refractivity (Wildman–Crippen MR) is 67.6 cm³/mol. The average Bonchev–Trinajstić information content (AvgIpc) is 3.23. The van der Waals surface area contributed by atoms with E-state index >= 15 is 0 Å². The van der Waals surface area contributed by atoms with Crippen LogP contribution in [0.15, 0.2) is 45.4 Å². The summed E-state index contributed by atoms with van der Waals surface area (Å²) in [5.74, 6) is -1.21. The lowest BCUT2D eigenvalue weighted by atomic mass is 10.1. The van der Waals surface area contributed by atoms with E-state index in [1.807, 2.05) is 6.08 Å². The quantitative estimate of drug-likeness (QED) is 0.452. The van der Waals surface area contributed by atoms with E-state index in [-0.39, 0.29) is 5.82 Å². The minimum absolute atomic E-state index is 0.335. The van der Waals surface area contributed by atoms with Gasteiger partial charge < -0.3 is 4.74 Å². The molecule has 1 saturated heterocycles. The Morgan fingerprint density at radius 2 is 2.20 bits per heavy atom. The summed E-state index contributed by atoms with van der Waals surface area (Å²) in [5, 5.41) is 0. The van der Waals surface area contributed by atoms with E-state index in [0.29, 0.717) is 21.8 Å². The van der Waals surface area contributed by atoms with Gasteiger partial charge in [0.15, 0.2) is 6.29 Å². The number of benzene rings is 1. The van der Waals surface area contributed by atoms with E-state index in [9.17, 15) is 9.18 Å². The predicted octanol–water partition coefficient (Wildman–Crippen LogP) is 3.15. The number of carbonyl (C=O) groups excluding carboxylic acids is 1. The fraction of sp³-hybridized carbons (Fsp3) is 0.214. The lowest BCUT2D eigenvalue weighted by Crippen LogP contribution is -2.15. The van der Waals surface area contributed by atoms with Gasteiger partial charge >= 0.3 is 5.97 Å². The molecule has 1 aromatic rings. The molecule has 0 bridgehead atoms. The Labute approximate surface area is 118 Å². The van der Waals surface area contributed by atoms with Crippen LogP contribution in [-0.2, 0) is 25.3 Å². The van der Waals surface area contributed by atoms with Crippen LogP contribution in [0.2, 0.25) is 0 Å². The van der Waals surface area contributed by atoms with Crippen LogP contribution in [0, 0.1) is 5.82 Å². The summed E-state index contributed by atoms with van der Waals surface area (Å²) >= 11 is 1.39. The molecule has 0 unspecified atom stereocenters. The van der Waals surface area contributed by atoms with Crippen LogP contribution in [0.3, 0.4) is 0 Å². The highest BCUT2D eigenvalue weighted by atomic mass is 32.2. The maximum atomic E-state index is 13.4. The molecule has 0 radical (unpaired) electrons. The fourth-order valence-corrected chi connectivity index (χ4v) is 3.57. The number of allylic oxidation sites excluding steroid dienone is 3. The van der Waals surface area contributed by atoms with Crippen molar-refractivity contribution in [2.24, 2.45) is 0 Å². The maximum absolute atomic E-state index is 13.4. The molecule has 0 aromatic heterocycles. The van der Waals surface area contributed by atoms with Crippen LogP contribution < -0.4 is 0 Å². The molecule has 0 atom stereocenters. The second-order valence-electron chi connectivity index (χ2n) is 4.64. The van der Waals surface area contributed by atoms with Crippen LogP contribution in [0.4, 0.5) is 4.39 Å². The summed E-state index contributed by atoms with van der Waals surface area (Å²) in [7, 11) is 0. The van der Waals surface area contributed by atoms with Gasteiger partial charge in [0.2, 0.25) is 0 Å². The van der Waals surface area contributed by atoms with Crippen molar-refractivity contribution < 1.29 is 23.7 Å². The standard InChI is InChI=1S/C14H9FO4S/c15-9-4-5-10-12(6-9)20-11-3-1-2-8(7-16)13(11)17-14(10)18-19-14/h2,4-7H,1,3H2. The number of aldehydes is 1. The van der Waals surface area contributed by atoms with Crippen molar-refractivity contribution in [3.8, 4) is 0 Å². The van der Waals surface area contributed by atoms with Crippen LogP contribution in [-0.4, -0.2) is 6.29 Å². The molecule has 4 nitrogen and oxygen atoms in total. The first-order chi connectivity index (χ1) is 9.72. The van der Waals surface area contributed by atoms with E-state index in [2.05, 4.69) is 0 Å². The third kappa shape index (κ3) is 1.72. The van der Waals surface area contributed by atoms with Crippen molar-refractivity contribution in [3.05, 3.63) is 51.9 Å². The zero-order valence-corrected chi connectivity index (χ0v) is 11.0. The first-order valence-corrected chi connectivity index (χ1v) is 6.96. The normalized spacial score (nSPS) is 22.4. The smallest absolute Gasteiger partial charge is 0.411 e. The average molecular weight is 292 g/mol. The molecule has 1 aromatic carbocycles. The van der Waals surface area contributed by atoms with Gasteiger partial charge in [-0.1, -0.05) is 17.8 Å². The number of halogens is 1. The Morgan fingerprint density at radius 3 is 2.95 bits per heavy atom. The van der Waals surface area contributed by atoms with E-state index in [0.717, 1.165) is 24.0 Å². The van der Waals surface area contributed by atoms with Crippen molar-refractivity contribution in [3.63, 3.8) is 0 Å². The number of hydrogen-bond acceptors (Lipinski definition) is 5. The highest BCUT2D eigenvalue weighted by Crippen LogP contribution is 2.54. The van der Waals surface area contributed by atoms with Crippen molar-refractivity contribution >= 4 is 18.0 Å². The minimum Gasteiger partial charge on any atom is -0.430 e. The Morgan fingerprint density at radius 1 is 1.35 bits per heavy atom. The third-order valence-electron chi connectivity index (χ3n) is 3.36.